The Morgan fingerprint density at radius 2 is 2.18 bits per heavy atom. The van der Waals surface area contributed by atoms with Crippen molar-refractivity contribution in [1.29, 1.82) is 0 Å². The maximum Gasteiger partial charge on any atom is 0.121 e. The molecule has 0 aromatic rings. The molecule has 0 spiro atoms. The van der Waals surface area contributed by atoms with Gasteiger partial charge in [-0.2, -0.15) is 0 Å². The minimum Gasteiger partial charge on any atom is -0.309 e. The fraction of sp³-hybridized carbons (Fsp3) is 1.00. The van der Waals surface area contributed by atoms with Crippen LogP contribution in [0.1, 0.15) is 13.8 Å². The largest absolute Gasteiger partial charge is 0.309 e. The third-order valence-corrected chi connectivity index (χ3v) is 2.21. The van der Waals surface area contributed by atoms with Gasteiger partial charge in [0, 0.05) is 19.6 Å². The summed E-state index contributed by atoms with van der Waals surface area (Å²) in [4.78, 5) is 2.16. The van der Waals surface area contributed by atoms with E-state index in [0.717, 1.165) is 19.6 Å². The molecule has 1 fully saturated rings. The van der Waals surface area contributed by atoms with Crippen LogP contribution in [0.4, 0.5) is 4.39 Å². The molecule has 1 saturated heterocycles. The van der Waals surface area contributed by atoms with E-state index in [1.165, 1.54) is 0 Å². The van der Waals surface area contributed by atoms with Crippen molar-refractivity contribution in [2.45, 2.75) is 25.6 Å². The smallest absolute Gasteiger partial charge is 0.121 e. The second-order valence-corrected chi connectivity index (χ2v) is 3.83. The van der Waals surface area contributed by atoms with Crippen molar-refractivity contribution in [3.63, 3.8) is 0 Å². The second kappa shape index (κ2) is 3.07. The van der Waals surface area contributed by atoms with Gasteiger partial charge < -0.3 is 10.2 Å². The molecule has 1 unspecified atom stereocenters. The third-order valence-electron chi connectivity index (χ3n) is 2.21. The lowest BCUT2D eigenvalue weighted by molar-refractivity contribution is 0.0969. The second-order valence-electron chi connectivity index (χ2n) is 3.83. The van der Waals surface area contributed by atoms with Crippen LogP contribution >= 0.6 is 0 Å². The van der Waals surface area contributed by atoms with Crippen LogP contribution < -0.4 is 5.32 Å². The molecule has 0 saturated carbocycles. The lowest BCUT2D eigenvalue weighted by atomic mass is 9.99. The maximum absolute atomic E-state index is 13.4. The monoisotopic (exact) mass is 160 g/mol. The van der Waals surface area contributed by atoms with Gasteiger partial charge in [0.15, 0.2) is 0 Å². The molecule has 0 radical (unpaired) electrons. The summed E-state index contributed by atoms with van der Waals surface area (Å²) in [5.41, 5.74) is -1.10. The molecule has 0 amide bonds. The van der Waals surface area contributed by atoms with Gasteiger partial charge in [-0.25, -0.2) is 4.39 Å². The van der Waals surface area contributed by atoms with Crippen molar-refractivity contribution in [3.05, 3.63) is 0 Å². The van der Waals surface area contributed by atoms with Crippen LogP contribution in [0.5, 0.6) is 0 Å². The van der Waals surface area contributed by atoms with Crippen molar-refractivity contribution in [1.82, 2.24) is 10.2 Å². The topological polar surface area (TPSA) is 15.3 Å². The highest BCUT2D eigenvalue weighted by molar-refractivity contribution is 4.89. The van der Waals surface area contributed by atoms with E-state index in [4.69, 9.17) is 0 Å². The van der Waals surface area contributed by atoms with Gasteiger partial charge in [-0.1, -0.05) is 0 Å². The van der Waals surface area contributed by atoms with Gasteiger partial charge in [-0.15, -0.1) is 0 Å². The first-order valence-electron chi connectivity index (χ1n) is 4.11. The van der Waals surface area contributed by atoms with Crippen molar-refractivity contribution in [2.75, 3.05) is 26.7 Å². The lowest BCUT2D eigenvalue weighted by Gasteiger charge is -2.36. The molecule has 0 aromatic carbocycles. The van der Waals surface area contributed by atoms with Crippen molar-refractivity contribution in [3.8, 4) is 0 Å². The number of nitrogens with one attached hydrogen (secondary N) is 1. The normalized spacial score (nSPS) is 28.9. The van der Waals surface area contributed by atoms with Gasteiger partial charge in [0.2, 0.25) is 0 Å². The third kappa shape index (κ3) is 2.42. The first-order valence-corrected chi connectivity index (χ1v) is 4.11. The van der Waals surface area contributed by atoms with E-state index in [0.29, 0.717) is 0 Å². The molecule has 66 valence electrons. The molecule has 1 rings (SSSR count). The van der Waals surface area contributed by atoms with E-state index in [1.54, 1.807) is 13.8 Å². The number of rotatable bonds is 1. The highest BCUT2D eigenvalue weighted by Crippen LogP contribution is 2.16. The number of piperazine rings is 1. The summed E-state index contributed by atoms with van der Waals surface area (Å²) in [6.07, 6.45) is 0. The minimum atomic E-state index is -1.10. The number of nitrogens with zero attached hydrogens (tertiary/aromatic N) is 1. The van der Waals surface area contributed by atoms with Crippen LogP contribution in [-0.4, -0.2) is 43.3 Å². The Labute approximate surface area is 67.8 Å². The SMILES string of the molecule is CN1CCNC(C(C)(C)F)C1. The van der Waals surface area contributed by atoms with Crippen LogP contribution in [0.2, 0.25) is 0 Å². The Bertz CT molecular complexity index is 131. The predicted octanol–water partition coefficient (Wildman–Crippen LogP) is 0.638. The van der Waals surface area contributed by atoms with Crippen molar-refractivity contribution in [2.24, 2.45) is 0 Å². The predicted molar refractivity (Wildman–Crippen MR) is 44.5 cm³/mol. The van der Waals surface area contributed by atoms with Crippen molar-refractivity contribution < 1.29 is 4.39 Å². The molecule has 0 aromatic heterocycles. The molecule has 0 aliphatic carbocycles. The van der Waals surface area contributed by atoms with E-state index in [1.807, 2.05) is 7.05 Å². The lowest BCUT2D eigenvalue weighted by Crippen LogP contribution is -2.56. The van der Waals surface area contributed by atoms with Gasteiger partial charge in [-0.05, 0) is 20.9 Å². The van der Waals surface area contributed by atoms with Gasteiger partial charge in [0.1, 0.15) is 5.67 Å². The van der Waals surface area contributed by atoms with Gasteiger partial charge in [-0.3, -0.25) is 0 Å². The summed E-state index contributed by atoms with van der Waals surface area (Å²) in [6, 6.07) is -0.0127. The number of alkyl halides is 1. The highest BCUT2D eigenvalue weighted by Gasteiger charge is 2.31. The van der Waals surface area contributed by atoms with Crippen LogP contribution in [-0.2, 0) is 0 Å². The average Bonchev–Trinajstić information content (AvgIpc) is 1.86. The van der Waals surface area contributed by atoms with Gasteiger partial charge in [0.25, 0.3) is 0 Å². The van der Waals surface area contributed by atoms with Crippen LogP contribution in [0.3, 0.4) is 0 Å². The summed E-state index contributed by atoms with van der Waals surface area (Å²) in [5.74, 6) is 0. The first-order chi connectivity index (χ1) is 5.00. The molecule has 2 nitrogen and oxygen atoms in total. The highest BCUT2D eigenvalue weighted by atomic mass is 19.1. The summed E-state index contributed by atoms with van der Waals surface area (Å²) < 4.78 is 13.4. The maximum atomic E-state index is 13.4. The molecule has 1 N–H and O–H groups in total. The zero-order chi connectivity index (χ0) is 8.48. The van der Waals surface area contributed by atoms with Crippen molar-refractivity contribution >= 4 is 0 Å². The number of hydrogen-bond acceptors (Lipinski definition) is 2. The molecule has 1 aliphatic rings. The Hall–Kier alpha value is -0.150. The number of likely N-dealkylation sites (N-methyl/N-ethyl adjacent to an activating group) is 1. The number of hydrogen-bond donors (Lipinski definition) is 1. The summed E-state index contributed by atoms with van der Waals surface area (Å²) in [7, 11) is 2.03. The Morgan fingerprint density at radius 1 is 1.55 bits per heavy atom. The van der Waals surface area contributed by atoms with E-state index in [-0.39, 0.29) is 6.04 Å². The average molecular weight is 160 g/mol. The molecule has 1 heterocycles. The fourth-order valence-electron chi connectivity index (χ4n) is 1.36. The van der Waals surface area contributed by atoms with Crippen LogP contribution in [0.15, 0.2) is 0 Å². The molecular formula is C8H17FN2. The summed E-state index contributed by atoms with van der Waals surface area (Å²) in [5, 5.41) is 3.17. The molecular weight excluding hydrogens is 143 g/mol. The van der Waals surface area contributed by atoms with E-state index in [9.17, 15) is 4.39 Å². The van der Waals surface area contributed by atoms with E-state index >= 15 is 0 Å². The Morgan fingerprint density at radius 3 is 2.55 bits per heavy atom. The molecule has 3 heteroatoms. The Balaban J connectivity index is 2.46. The first kappa shape index (κ1) is 8.94. The van der Waals surface area contributed by atoms with E-state index < -0.39 is 5.67 Å². The van der Waals surface area contributed by atoms with Crippen LogP contribution in [0, 0.1) is 0 Å². The Kier molecular flexibility index (Phi) is 2.50. The number of halogens is 1. The molecule has 1 atom stereocenters. The zero-order valence-corrected chi connectivity index (χ0v) is 7.52. The summed E-state index contributed by atoms with van der Waals surface area (Å²) >= 11 is 0. The molecule has 1 aliphatic heterocycles. The fourth-order valence-corrected chi connectivity index (χ4v) is 1.36. The molecule has 0 bridgehead atoms. The van der Waals surface area contributed by atoms with Crippen LogP contribution in [0.25, 0.3) is 0 Å². The standard InChI is InChI=1S/C8H17FN2/c1-8(2,9)7-6-11(3)5-4-10-7/h7,10H,4-6H2,1-3H3. The zero-order valence-electron chi connectivity index (χ0n) is 7.52. The minimum absolute atomic E-state index is 0.0127. The summed E-state index contributed by atoms with van der Waals surface area (Å²) in [6.45, 7) is 5.98. The van der Waals surface area contributed by atoms with E-state index in [2.05, 4.69) is 10.2 Å². The molecule has 11 heavy (non-hydrogen) atoms. The van der Waals surface area contributed by atoms with Gasteiger partial charge >= 0.3 is 0 Å². The van der Waals surface area contributed by atoms with Gasteiger partial charge in [0.05, 0.1) is 6.04 Å². The quantitative estimate of drug-likeness (QED) is 0.605.